The van der Waals surface area contributed by atoms with Crippen LogP contribution >= 0.6 is 11.8 Å². The molecule has 0 fully saturated rings. The zero-order valence-electron chi connectivity index (χ0n) is 14.4. The number of hydrogen-bond acceptors (Lipinski definition) is 4. The van der Waals surface area contributed by atoms with Crippen molar-refractivity contribution in [2.24, 2.45) is 7.05 Å². The summed E-state index contributed by atoms with van der Waals surface area (Å²) < 4.78 is 26.4. The van der Waals surface area contributed by atoms with Crippen LogP contribution < -0.4 is 5.32 Å². The maximum absolute atomic E-state index is 12.4. The van der Waals surface area contributed by atoms with Crippen molar-refractivity contribution in [1.29, 1.82) is 0 Å². The molecule has 3 aromatic rings. The van der Waals surface area contributed by atoms with Crippen LogP contribution in [0.2, 0.25) is 0 Å². The molecule has 0 aliphatic heterocycles. The molecule has 2 aromatic heterocycles. The average molecular weight is 377 g/mol. The lowest BCUT2D eigenvalue weighted by atomic mass is 10.1. The summed E-state index contributed by atoms with van der Waals surface area (Å²) in [5, 5.41) is 14.0. The van der Waals surface area contributed by atoms with Crippen LogP contribution in [-0.4, -0.2) is 31.6 Å². The Balaban J connectivity index is 1.74. The molecule has 0 radical (unpaired) electrons. The first-order valence-corrected chi connectivity index (χ1v) is 8.65. The lowest BCUT2D eigenvalue weighted by Crippen LogP contribution is -2.12. The molecule has 0 atom stereocenters. The highest BCUT2D eigenvalue weighted by molar-refractivity contribution is 7.99. The van der Waals surface area contributed by atoms with Crippen LogP contribution in [0.1, 0.15) is 21.9 Å². The molecule has 0 bridgehead atoms. The molecule has 0 saturated carbocycles. The second-order valence-corrected chi connectivity index (χ2v) is 6.76. The van der Waals surface area contributed by atoms with Gasteiger partial charge in [0.15, 0.2) is 0 Å². The minimum Gasteiger partial charge on any atom is -0.321 e. The van der Waals surface area contributed by atoms with Gasteiger partial charge in [-0.05, 0) is 44.2 Å². The fourth-order valence-corrected chi connectivity index (χ4v) is 3.13. The topological polar surface area (TPSA) is 75.6 Å². The Morgan fingerprint density at radius 3 is 2.54 bits per heavy atom. The molecule has 0 saturated heterocycles. The highest BCUT2D eigenvalue weighted by Gasteiger charge is 2.17. The van der Waals surface area contributed by atoms with Crippen molar-refractivity contribution in [3.63, 3.8) is 0 Å². The Morgan fingerprint density at radius 1 is 1.27 bits per heavy atom. The quantitative estimate of drug-likeness (QED) is 0.659. The van der Waals surface area contributed by atoms with Crippen molar-refractivity contribution in [1.82, 2.24) is 20.0 Å². The molecule has 3 rings (SSSR count). The van der Waals surface area contributed by atoms with Crippen molar-refractivity contribution >= 4 is 23.4 Å². The Kier molecular flexibility index (Phi) is 5.08. The summed E-state index contributed by atoms with van der Waals surface area (Å²) in [5.41, 5.74) is 4.12. The monoisotopic (exact) mass is 377 g/mol. The number of anilines is 1. The average Bonchev–Trinajstić information content (AvgIpc) is 3.14. The first-order valence-electron chi connectivity index (χ1n) is 7.77. The zero-order valence-corrected chi connectivity index (χ0v) is 15.2. The third-order valence-corrected chi connectivity index (χ3v) is 4.65. The number of thioether (sulfide) groups is 1. The largest absolute Gasteiger partial charge is 0.321 e. The number of H-pyrrole nitrogens is 1. The fraction of sp³-hybridized carbons (Fsp3) is 0.235. The second-order valence-electron chi connectivity index (χ2n) is 5.69. The molecule has 26 heavy (non-hydrogen) atoms. The Bertz CT molecular complexity index is 933. The van der Waals surface area contributed by atoms with Gasteiger partial charge in [-0.15, -0.1) is 0 Å². The number of halogens is 2. The summed E-state index contributed by atoms with van der Waals surface area (Å²) in [7, 11) is 1.85. The molecule has 6 nitrogen and oxygen atoms in total. The number of hydrogen-bond donors (Lipinski definition) is 2. The minimum absolute atomic E-state index is 0.300. The van der Waals surface area contributed by atoms with E-state index in [9.17, 15) is 13.6 Å². The predicted molar refractivity (Wildman–Crippen MR) is 96.5 cm³/mol. The van der Waals surface area contributed by atoms with Gasteiger partial charge in [-0.2, -0.15) is 19.0 Å². The van der Waals surface area contributed by atoms with Gasteiger partial charge in [-0.1, -0.05) is 11.8 Å². The molecule has 1 aromatic carbocycles. The van der Waals surface area contributed by atoms with Crippen molar-refractivity contribution in [2.75, 3.05) is 5.32 Å². The lowest BCUT2D eigenvalue weighted by molar-refractivity contribution is 0.102. The SMILES string of the molecule is Cc1nn(C)c(C)c1-c1cc(C(=O)Nc2ccc(SC(F)F)cc2)[nH]n1. The molecule has 2 heterocycles. The van der Waals surface area contributed by atoms with Gasteiger partial charge >= 0.3 is 0 Å². The van der Waals surface area contributed by atoms with E-state index in [1.165, 1.54) is 12.1 Å². The van der Waals surface area contributed by atoms with E-state index in [-0.39, 0.29) is 5.91 Å². The van der Waals surface area contributed by atoms with Gasteiger partial charge < -0.3 is 5.32 Å². The van der Waals surface area contributed by atoms with Crippen LogP contribution in [0.3, 0.4) is 0 Å². The number of carbonyl (C=O) groups is 1. The van der Waals surface area contributed by atoms with Gasteiger partial charge in [-0.3, -0.25) is 14.6 Å². The second kappa shape index (κ2) is 7.28. The van der Waals surface area contributed by atoms with Crippen molar-refractivity contribution < 1.29 is 13.6 Å². The zero-order chi connectivity index (χ0) is 18.8. The van der Waals surface area contributed by atoms with Crippen LogP contribution in [0.4, 0.5) is 14.5 Å². The van der Waals surface area contributed by atoms with E-state index >= 15 is 0 Å². The number of benzene rings is 1. The molecule has 0 unspecified atom stereocenters. The number of alkyl halides is 2. The molecule has 0 spiro atoms. The molecular formula is C17H17F2N5OS. The van der Waals surface area contributed by atoms with E-state index in [1.54, 1.807) is 22.9 Å². The molecule has 136 valence electrons. The minimum atomic E-state index is -2.47. The van der Waals surface area contributed by atoms with Crippen molar-refractivity contribution in [3.8, 4) is 11.3 Å². The Hall–Kier alpha value is -2.68. The van der Waals surface area contributed by atoms with E-state index in [0.29, 0.717) is 33.7 Å². The van der Waals surface area contributed by atoms with E-state index < -0.39 is 5.76 Å². The number of rotatable bonds is 5. The highest BCUT2D eigenvalue weighted by Crippen LogP contribution is 2.27. The van der Waals surface area contributed by atoms with E-state index in [1.807, 2.05) is 20.9 Å². The summed E-state index contributed by atoms with van der Waals surface area (Å²) in [6, 6.07) is 7.89. The van der Waals surface area contributed by atoms with Gasteiger partial charge in [0.1, 0.15) is 5.69 Å². The third-order valence-electron chi connectivity index (χ3n) is 3.92. The molecular weight excluding hydrogens is 360 g/mol. The van der Waals surface area contributed by atoms with Crippen LogP contribution in [0, 0.1) is 13.8 Å². The number of nitrogens with zero attached hydrogens (tertiary/aromatic N) is 3. The number of nitrogens with one attached hydrogen (secondary N) is 2. The van der Waals surface area contributed by atoms with Gasteiger partial charge in [0.2, 0.25) is 0 Å². The van der Waals surface area contributed by atoms with Gasteiger partial charge in [0, 0.05) is 28.9 Å². The summed E-state index contributed by atoms with van der Waals surface area (Å²) >= 11 is 0.458. The Morgan fingerprint density at radius 2 is 1.96 bits per heavy atom. The summed E-state index contributed by atoms with van der Waals surface area (Å²) in [4.78, 5) is 12.8. The number of carbonyl (C=O) groups excluding carboxylic acids is 1. The van der Waals surface area contributed by atoms with E-state index in [4.69, 9.17) is 0 Å². The van der Waals surface area contributed by atoms with Crippen molar-refractivity contribution in [3.05, 3.63) is 47.4 Å². The number of aryl methyl sites for hydroxylation is 2. The molecule has 0 aliphatic rings. The van der Waals surface area contributed by atoms with Gasteiger partial charge in [0.05, 0.1) is 11.4 Å². The normalized spacial score (nSPS) is 11.2. The van der Waals surface area contributed by atoms with Crippen LogP contribution in [0.15, 0.2) is 35.2 Å². The van der Waals surface area contributed by atoms with Crippen molar-refractivity contribution in [2.45, 2.75) is 24.5 Å². The molecule has 1 amide bonds. The highest BCUT2D eigenvalue weighted by atomic mass is 32.2. The number of amides is 1. The van der Waals surface area contributed by atoms with Gasteiger partial charge in [-0.25, -0.2) is 0 Å². The number of aromatic nitrogens is 4. The first-order chi connectivity index (χ1) is 12.3. The Labute approximate surface area is 153 Å². The van der Waals surface area contributed by atoms with Crippen LogP contribution in [0.5, 0.6) is 0 Å². The van der Waals surface area contributed by atoms with E-state index in [0.717, 1.165) is 17.0 Å². The van der Waals surface area contributed by atoms with Gasteiger partial charge in [0.25, 0.3) is 11.7 Å². The third kappa shape index (κ3) is 3.77. The summed E-state index contributed by atoms with van der Waals surface area (Å²) in [6.45, 7) is 3.82. The standard InChI is InChI=1S/C17H17F2N5OS/c1-9-15(10(2)24(3)23-9)13-8-14(22-21-13)16(25)20-11-4-6-12(7-5-11)26-17(18)19/h4-8,17H,1-3H3,(H,20,25)(H,21,22). The maximum atomic E-state index is 12.4. The molecule has 9 heteroatoms. The summed E-state index contributed by atoms with van der Waals surface area (Å²) in [6.07, 6.45) is 0. The van der Waals surface area contributed by atoms with E-state index in [2.05, 4.69) is 20.6 Å². The number of aromatic amines is 1. The summed E-state index contributed by atoms with van der Waals surface area (Å²) in [5.74, 6) is -2.84. The van der Waals surface area contributed by atoms with Crippen LogP contribution in [0.25, 0.3) is 11.3 Å². The first kappa shape index (κ1) is 18.1. The lowest BCUT2D eigenvalue weighted by Gasteiger charge is -2.05. The fourth-order valence-electron chi connectivity index (χ4n) is 2.63. The maximum Gasteiger partial charge on any atom is 0.288 e. The smallest absolute Gasteiger partial charge is 0.288 e. The molecule has 0 aliphatic carbocycles. The van der Waals surface area contributed by atoms with Crippen LogP contribution in [-0.2, 0) is 7.05 Å². The molecule has 2 N–H and O–H groups in total. The predicted octanol–water partition coefficient (Wildman–Crippen LogP) is 3.99.